The van der Waals surface area contributed by atoms with Gasteiger partial charge in [-0.05, 0) is 40.2 Å². The Hall–Kier alpha value is -1.28. The number of hydrazine groups is 1. The predicted molar refractivity (Wildman–Crippen MR) is 102 cm³/mol. The highest BCUT2D eigenvalue weighted by Gasteiger charge is 2.42. The van der Waals surface area contributed by atoms with Gasteiger partial charge >= 0.3 is 0 Å². The molecule has 7 heteroatoms. The van der Waals surface area contributed by atoms with Crippen LogP contribution in [-0.4, -0.2) is 66.3 Å². The molecule has 0 spiro atoms. The third-order valence-corrected chi connectivity index (χ3v) is 5.99. The quantitative estimate of drug-likeness (QED) is 0.840. The number of nitrogens with zero attached hydrogens (tertiary/aromatic N) is 4. The summed E-state index contributed by atoms with van der Waals surface area (Å²) in [5, 5.41) is 0. The molecular formula is C19H32N6O. The van der Waals surface area contributed by atoms with E-state index in [9.17, 15) is 0 Å². The normalized spacial score (nSPS) is 32.8. The van der Waals surface area contributed by atoms with Gasteiger partial charge < -0.3 is 14.5 Å². The Labute approximate surface area is 156 Å². The lowest BCUT2D eigenvalue weighted by atomic mass is 9.79. The Bertz CT molecular complexity index is 603. The van der Waals surface area contributed by atoms with Crippen LogP contribution in [-0.2, 0) is 4.74 Å². The summed E-state index contributed by atoms with van der Waals surface area (Å²) in [6.45, 7) is 8.48. The van der Waals surface area contributed by atoms with Gasteiger partial charge in [-0.3, -0.25) is 5.43 Å². The van der Waals surface area contributed by atoms with Gasteiger partial charge in [0.2, 0.25) is 0 Å². The van der Waals surface area contributed by atoms with Crippen molar-refractivity contribution in [3.8, 4) is 0 Å². The fourth-order valence-corrected chi connectivity index (χ4v) is 4.56. The summed E-state index contributed by atoms with van der Waals surface area (Å²) < 4.78 is 6.11. The first-order valence-electron chi connectivity index (χ1n) is 10.0. The molecular weight excluding hydrogens is 328 g/mol. The molecule has 0 amide bonds. The minimum absolute atomic E-state index is 0.229. The molecule has 0 bridgehead atoms. The SMILES string of the molecule is CC(C)OC1CCC2NNC(c3cc(N4CCN(C)CC4)ncn3)C2C1. The first-order chi connectivity index (χ1) is 12.6. The van der Waals surface area contributed by atoms with Gasteiger partial charge in [-0.15, -0.1) is 0 Å². The zero-order valence-corrected chi connectivity index (χ0v) is 16.2. The van der Waals surface area contributed by atoms with Gasteiger partial charge in [-0.25, -0.2) is 15.4 Å². The van der Waals surface area contributed by atoms with Gasteiger partial charge in [-0.1, -0.05) is 0 Å². The van der Waals surface area contributed by atoms with Gasteiger partial charge in [0, 0.05) is 44.2 Å². The second-order valence-electron chi connectivity index (χ2n) is 8.25. The Kier molecular flexibility index (Phi) is 5.40. The van der Waals surface area contributed by atoms with Crippen LogP contribution in [0.1, 0.15) is 44.8 Å². The first kappa shape index (κ1) is 18.1. The molecule has 2 N–H and O–H groups in total. The van der Waals surface area contributed by atoms with Gasteiger partial charge in [0.15, 0.2) is 0 Å². The van der Waals surface area contributed by atoms with Crippen LogP contribution in [0.2, 0.25) is 0 Å². The van der Waals surface area contributed by atoms with Crippen LogP contribution in [0.4, 0.5) is 5.82 Å². The average Bonchev–Trinajstić information content (AvgIpc) is 3.05. The van der Waals surface area contributed by atoms with Crippen LogP contribution in [0.5, 0.6) is 0 Å². The Balaban J connectivity index is 1.47. The van der Waals surface area contributed by atoms with E-state index in [1.54, 1.807) is 6.33 Å². The number of anilines is 1. The highest BCUT2D eigenvalue weighted by molar-refractivity contribution is 5.40. The number of aromatic nitrogens is 2. The molecule has 1 aromatic heterocycles. The van der Waals surface area contributed by atoms with Crippen molar-refractivity contribution >= 4 is 5.82 Å². The van der Waals surface area contributed by atoms with Crippen molar-refractivity contribution in [2.45, 2.75) is 57.4 Å². The molecule has 3 heterocycles. The Morgan fingerprint density at radius 1 is 1.12 bits per heavy atom. The molecule has 4 atom stereocenters. The minimum atomic E-state index is 0.229. The number of nitrogens with one attached hydrogen (secondary N) is 2. The van der Waals surface area contributed by atoms with E-state index in [1.165, 1.54) is 0 Å². The topological polar surface area (TPSA) is 65.6 Å². The summed E-state index contributed by atoms with van der Waals surface area (Å²) in [7, 11) is 2.18. The summed E-state index contributed by atoms with van der Waals surface area (Å²) in [6, 6.07) is 2.92. The minimum Gasteiger partial charge on any atom is -0.376 e. The van der Waals surface area contributed by atoms with E-state index in [4.69, 9.17) is 4.74 Å². The molecule has 2 aliphatic heterocycles. The molecule has 1 aliphatic carbocycles. The van der Waals surface area contributed by atoms with Gasteiger partial charge in [0.1, 0.15) is 12.1 Å². The van der Waals surface area contributed by atoms with Crippen LogP contribution < -0.4 is 15.8 Å². The molecule has 1 aromatic rings. The molecule has 0 aromatic carbocycles. The fourth-order valence-electron chi connectivity index (χ4n) is 4.56. The summed E-state index contributed by atoms with van der Waals surface area (Å²) in [4.78, 5) is 13.9. The van der Waals surface area contributed by atoms with E-state index in [0.29, 0.717) is 24.2 Å². The van der Waals surface area contributed by atoms with Crippen molar-refractivity contribution in [3.05, 3.63) is 18.1 Å². The third kappa shape index (κ3) is 3.86. The second kappa shape index (κ2) is 7.76. The Morgan fingerprint density at radius 2 is 1.92 bits per heavy atom. The molecule has 26 heavy (non-hydrogen) atoms. The average molecular weight is 361 g/mol. The summed E-state index contributed by atoms with van der Waals surface area (Å²) in [5.41, 5.74) is 8.10. The fraction of sp³-hybridized carbons (Fsp3) is 0.789. The number of likely N-dealkylation sites (N-methyl/N-ethyl adjacent to an activating group) is 1. The number of ether oxygens (including phenoxy) is 1. The number of hydrogen-bond donors (Lipinski definition) is 2. The molecule has 0 radical (unpaired) electrons. The smallest absolute Gasteiger partial charge is 0.132 e. The number of fused-ring (bicyclic) bond motifs is 1. The molecule has 1 saturated carbocycles. The number of hydrogen-bond acceptors (Lipinski definition) is 7. The molecule has 4 rings (SSSR count). The van der Waals surface area contributed by atoms with Crippen LogP contribution in [0.3, 0.4) is 0 Å². The van der Waals surface area contributed by atoms with E-state index in [1.807, 2.05) is 0 Å². The van der Waals surface area contributed by atoms with Gasteiger partial charge in [-0.2, -0.15) is 0 Å². The first-order valence-corrected chi connectivity index (χ1v) is 10.0. The van der Waals surface area contributed by atoms with Crippen LogP contribution in [0.25, 0.3) is 0 Å². The third-order valence-electron chi connectivity index (χ3n) is 5.99. The molecule has 144 valence electrons. The van der Waals surface area contributed by atoms with Gasteiger partial charge in [0.25, 0.3) is 0 Å². The summed E-state index contributed by atoms with van der Waals surface area (Å²) in [5.74, 6) is 1.57. The van der Waals surface area contributed by atoms with Crippen LogP contribution in [0.15, 0.2) is 12.4 Å². The van der Waals surface area contributed by atoms with E-state index in [-0.39, 0.29) is 6.04 Å². The monoisotopic (exact) mass is 360 g/mol. The number of piperazine rings is 1. The lowest BCUT2D eigenvalue weighted by Crippen LogP contribution is -2.44. The maximum absolute atomic E-state index is 6.11. The van der Waals surface area contributed by atoms with Crippen molar-refractivity contribution in [1.29, 1.82) is 0 Å². The maximum atomic E-state index is 6.11. The standard InChI is InChI=1S/C19H32N6O/c1-13(2)26-14-4-5-16-15(10-14)19(23-22-16)17-11-18(21-12-20-17)25-8-6-24(3)7-9-25/h11-16,19,22-23H,4-10H2,1-3H3. The molecule has 3 fully saturated rings. The molecule has 7 nitrogen and oxygen atoms in total. The van der Waals surface area contributed by atoms with E-state index in [0.717, 1.165) is 57.0 Å². The Morgan fingerprint density at radius 3 is 2.69 bits per heavy atom. The zero-order valence-electron chi connectivity index (χ0n) is 16.2. The van der Waals surface area contributed by atoms with Gasteiger partial charge in [0.05, 0.1) is 23.9 Å². The molecule has 3 aliphatic rings. The van der Waals surface area contributed by atoms with Crippen molar-refractivity contribution in [3.63, 3.8) is 0 Å². The van der Waals surface area contributed by atoms with Crippen molar-refractivity contribution in [2.24, 2.45) is 5.92 Å². The second-order valence-corrected chi connectivity index (χ2v) is 8.25. The van der Waals surface area contributed by atoms with E-state index >= 15 is 0 Å². The van der Waals surface area contributed by atoms with Crippen LogP contribution >= 0.6 is 0 Å². The van der Waals surface area contributed by atoms with Crippen molar-refractivity contribution in [1.82, 2.24) is 25.7 Å². The summed E-state index contributed by atoms with van der Waals surface area (Å²) >= 11 is 0. The lowest BCUT2D eigenvalue weighted by molar-refractivity contribution is -0.0276. The largest absolute Gasteiger partial charge is 0.376 e. The maximum Gasteiger partial charge on any atom is 0.132 e. The van der Waals surface area contributed by atoms with Crippen LogP contribution in [0, 0.1) is 5.92 Å². The van der Waals surface area contributed by atoms with E-state index in [2.05, 4.69) is 57.6 Å². The molecule has 2 saturated heterocycles. The predicted octanol–water partition coefficient (Wildman–Crippen LogP) is 1.34. The summed E-state index contributed by atoms with van der Waals surface area (Å²) in [6.07, 6.45) is 5.75. The van der Waals surface area contributed by atoms with E-state index < -0.39 is 0 Å². The zero-order chi connectivity index (χ0) is 18.1. The van der Waals surface area contributed by atoms with Crippen molar-refractivity contribution in [2.75, 3.05) is 38.1 Å². The molecule has 4 unspecified atom stereocenters. The highest BCUT2D eigenvalue weighted by atomic mass is 16.5. The van der Waals surface area contributed by atoms with Crippen molar-refractivity contribution < 1.29 is 4.74 Å². The highest BCUT2D eigenvalue weighted by Crippen LogP contribution is 2.39. The lowest BCUT2D eigenvalue weighted by Gasteiger charge is -2.34. The number of rotatable bonds is 4.